The third-order valence-corrected chi connectivity index (χ3v) is 2.85. The summed E-state index contributed by atoms with van der Waals surface area (Å²) in [7, 11) is 0. The van der Waals surface area contributed by atoms with Gasteiger partial charge >= 0.3 is 5.97 Å². The second kappa shape index (κ2) is 4.23. The lowest BCUT2D eigenvalue weighted by Crippen LogP contribution is -1.99. The van der Waals surface area contributed by atoms with Crippen molar-refractivity contribution in [3.05, 3.63) is 41.9 Å². The molecule has 0 radical (unpaired) electrons. The molecule has 0 saturated carbocycles. The van der Waals surface area contributed by atoms with Crippen LogP contribution in [0.1, 0.15) is 5.01 Å². The Kier molecular flexibility index (Phi) is 2.78. The van der Waals surface area contributed by atoms with Gasteiger partial charge in [0.1, 0.15) is 11.6 Å². The van der Waals surface area contributed by atoms with E-state index in [9.17, 15) is 4.79 Å². The SMILES string of the molecule is C=CC(=O)OCc1nc2ccccc2s1. The van der Waals surface area contributed by atoms with Crippen molar-refractivity contribution in [2.24, 2.45) is 0 Å². The Hall–Kier alpha value is -1.68. The molecule has 0 aliphatic rings. The number of esters is 1. The third-order valence-electron chi connectivity index (χ3n) is 1.84. The summed E-state index contributed by atoms with van der Waals surface area (Å²) in [6, 6.07) is 7.82. The van der Waals surface area contributed by atoms with Gasteiger partial charge in [-0.25, -0.2) is 9.78 Å². The van der Waals surface area contributed by atoms with Crippen LogP contribution in [0.3, 0.4) is 0 Å². The summed E-state index contributed by atoms with van der Waals surface area (Å²) in [5.41, 5.74) is 0.937. The van der Waals surface area contributed by atoms with Crippen molar-refractivity contribution in [2.75, 3.05) is 0 Å². The molecule has 0 fully saturated rings. The van der Waals surface area contributed by atoms with Gasteiger partial charge in [0.15, 0.2) is 0 Å². The first-order chi connectivity index (χ1) is 7.29. The van der Waals surface area contributed by atoms with E-state index in [4.69, 9.17) is 4.74 Å². The Bertz CT molecular complexity index is 471. The van der Waals surface area contributed by atoms with Crippen LogP contribution in [0.4, 0.5) is 0 Å². The average Bonchev–Trinajstić information content (AvgIpc) is 2.68. The number of hydrogen-bond acceptors (Lipinski definition) is 4. The van der Waals surface area contributed by atoms with Crippen molar-refractivity contribution in [1.29, 1.82) is 0 Å². The lowest BCUT2D eigenvalue weighted by Gasteiger charge is -1.95. The molecule has 0 aliphatic heterocycles. The van der Waals surface area contributed by atoms with Gasteiger partial charge in [0, 0.05) is 6.08 Å². The summed E-state index contributed by atoms with van der Waals surface area (Å²) < 4.78 is 6.00. The van der Waals surface area contributed by atoms with Crippen LogP contribution in [-0.2, 0) is 16.1 Å². The van der Waals surface area contributed by atoms with Crippen LogP contribution in [0.2, 0.25) is 0 Å². The van der Waals surface area contributed by atoms with E-state index in [1.165, 1.54) is 11.3 Å². The van der Waals surface area contributed by atoms with Crippen molar-refractivity contribution in [3.63, 3.8) is 0 Å². The molecule has 15 heavy (non-hydrogen) atoms. The van der Waals surface area contributed by atoms with Crippen LogP contribution < -0.4 is 0 Å². The van der Waals surface area contributed by atoms with Gasteiger partial charge in [-0.3, -0.25) is 0 Å². The maximum absolute atomic E-state index is 10.8. The van der Waals surface area contributed by atoms with Crippen molar-refractivity contribution >= 4 is 27.5 Å². The number of rotatable bonds is 3. The molecule has 4 heteroatoms. The van der Waals surface area contributed by atoms with Crippen LogP contribution in [0.5, 0.6) is 0 Å². The van der Waals surface area contributed by atoms with Crippen molar-refractivity contribution in [2.45, 2.75) is 6.61 Å². The number of para-hydroxylation sites is 1. The molecule has 0 atom stereocenters. The standard InChI is InChI=1S/C11H9NO2S/c1-2-11(13)14-7-10-12-8-5-3-4-6-9(8)15-10/h2-6H,1,7H2. The quantitative estimate of drug-likeness (QED) is 0.588. The third kappa shape index (κ3) is 2.22. The first kappa shape index (κ1) is 9.86. The summed E-state index contributed by atoms with van der Waals surface area (Å²) >= 11 is 1.53. The first-order valence-electron chi connectivity index (χ1n) is 4.43. The van der Waals surface area contributed by atoms with E-state index in [0.717, 1.165) is 21.3 Å². The Balaban J connectivity index is 2.15. The topological polar surface area (TPSA) is 39.2 Å². The van der Waals surface area contributed by atoms with Gasteiger partial charge in [-0.2, -0.15) is 0 Å². The van der Waals surface area contributed by atoms with Gasteiger partial charge in [-0.05, 0) is 12.1 Å². The highest BCUT2D eigenvalue weighted by molar-refractivity contribution is 7.18. The van der Waals surface area contributed by atoms with Crippen LogP contribution >= 0.6 is 11.3 Å². The Labute approximate surface area is 91.0 Å². The molecular weight excluding hydrogens is 210 g/mol. The van der Waals surface area contributed by atoms with Crippen LogP contribution in [0, 0.1) is 0 Å². The second-order valence-electron chi connectivity index (χ2n) is 2.89. The van der Waals surface area contributed by atoms with E-state index in [0.29, 0.717) is 0 Å². The average molecular weight is 219 g/mol. The van der Waals surface area contributed by atoms with E-state index in [1.54, 1.807) is 0 Å². The van der Waals surface area contributed by atoms with E-state index >= 15 is 0 Å². The van der Waals surface area contributed by atoms with Crippen LogP contribution in [0.25, 0.3) is 10.2 Å². The van der Waals surface area contributed by atoms with E-state index in [1.807, 2.05) is 24.3 Å². The summed E-state index contributed by atoms with van der Waals surface area (Å²) in [6.45, 7) is 3.54. The molecule has 0 spiro atoms. The molecule has 76 valence electrons. The predicted molar refractivity (Wildman–Crippen MR) is 59.6 cm³/mol. The molecule has 0 N–H and O–H groups in total. The fourth-order valence-corrected chi connectivity index (χ4v) is 2.05. The van der Waals surface area contributed by atoms with Gasteiger partial charge in [0.2, 0.25) is 0 Å². The highest BCUT2D eigenvalue weighted by Gasteiger charge is 2.04. The van der Waals surface area contributed by atoms with Crippen LogP contribution in [-0.4, -0.2) is 11.0 Å². The number of aromatic nitrogens is 1. The van der Waals surface area contributed by atoms with Crippen molar-refractivity contribution in [3.8, 4) is 0 Å². The molecular formula is C11H9NO2S. The minimum atomic E-state index is -0.422. The number of carbonyl (C=O) groups excluding carboxylic acids is 1. The minimum Gasteiger partial charge on any atom is -0.455 e. The Morgan fingerprint density at radius 3 is 3.07 bits per heavy atom. The lowest BCUT2D eigenvalue weighted by atomic mass is 10.3. The predicted octanol–water partition coefficient (Wildman–Crippen LogP) is 2.53. The first-order valence-corrected chi connectivity index (χ1v) is 5.25. The molecule has 1 heterocycles. The monoisotopic (exact) mass is 219 g/mol. The van der Waals surface area contributed by atoms with Crippen molar-refractivity contribution < 1.29 is 9.53 Å². The molecule has 3 nitrogen and oxygen atoms in total. The smallest absolute Gasteiger partial charge is 0.330 e. The van der Waals surface area contributed by atoms with Crippen LogP contribution in [0.15, 0.2) is 36.9 Å². The molecule has 0 unspecified atom stereocenters. The van der Waals surface area contributed by atoms with E-state index < -0.39 is 5.97 Å². The number of carbonyl (C=O) groups is 1. The molecule has 2 aromatic rings. The number of nitrogens with zero attached hydrogens (tertiary/aromatic N) is 1. The zero-order chi connectivity index (χ0) is 10.7. The number of fused-ring (bicyclic) bond motifs is 1. The summed E-state index contributed by atoms with van der Waals surface area (Å²) in [5, 5.41) is 0.798. The molecule has 0 saturated heterocycles. The number of hydrogen-bond donors (Lipinski definition) is 0. The number of ether oxygens (including phenoxy) is 1. The molecule has 1 aromatic heterocycles. The molecule has 0 aliphatic carbocycles. The zero-order valence-electron chi connectivity index (χ0n) is 7.97. The molecule has 2 rings (SSSR count). The molecule has 0 bridgehead atoms. The molecule has 1 aromatic carbocycles. The van der Waals surface area contributed by atoms with E-state index in [-0.39, 0.29) is 6.61 Å². The van der Waals surface area contributed by atoms with Gasteiger partial charge < -0.3 is 4.74 Å². The van der Waals surface area contributed by atoms with Crippen molar-refractivity contribution in [1.82, 2.24) is 4.98 Å². The maximum Gasteiger partial charge on any atom is 0.330 e. The number of benzene rings is 1. The Morgan fingerprint density at radius 2 is 2.33 bits per heavy atom. The minimum absolute atomic E-state index is 0.212. The summed E-state index contributed by atoms with van der Waals surface area (Å²) in [6.07, 6.45) is 1.15. The normalized spacial score (nSPS) is 10.1. The van der Waals surface area contributed by atoms with Gasteiger partial charge in [0.25, 0.3) is 0 Å². The van der Waals surface area contributed by atoms with Gasteiger partial charge in [0.05, 0.1) is 10.2 Å². The fraction of sp³-hybridized carbons (Fsp3) is 0.0909. The highest BCUT2D eigenvalue weighted by Crippen LogP contribution is 2.21. The summed E-state index contributed by atoms with van der Waals surface area (Å²) in [4.78, 5) is 15.2. The fourth-order valence-electron chi connectivity index (χ4n) is 1.17. The lowest BCUT2D eigenvalue weighted by molar-refractivity contribution is -0.138. The van der Waals surface area contributed by atoms with Gasteiger partial charge in [-0.15, -0.1) is 11.3 Å². The van der Waals surface area contributed by atoms with E-state index in [2.05, 4.69) is 11.6 Å². The van der Waals surface area contributed by atoms with Gasteiger partial charge in [-0.1, -0.05) is 18.7 Å². The summed E-state index contributed by atoms with van der Waals surface area (Å²) in [5.74, 6) is -0.422. The second-order valence-corrected chi connectivity index (χ2v) is 4.00. The largest absolute Gasteiger partial charge is 0.455 e. The zero-order valence-corrected chi connectivity index (χ0v) is 8.79. The molecule has 0 amide bonds. The number of thiazole rings is 1. The Morgan fingerprint density at radius 1 is 1.53 bits per heavy atom. The maximum atomic E-state index is 10.8. The highest BCUT2D eigenvalue weighted by atomic mass is 32.1.